The highest BCUT2D eigenvalue weighted by Crippen LogP contribution is 2.26. The zero-order chi connectivity index (χ0) is 21.1. The lowest BCUT2D eigenvalue weighted by Gasteiger charge is -2.28. The van der Waals surface area contributed by atoms with E-state index in [1.165, 1.54) is 23.9 Å². The van der Waals surface area contributed by atoms with Gasteiger partial charge in [0.15, 0.2) is 0 Å². The van der Waals surface area contributed by atoms with Crippen LogP contribution < -0.4 is 10.6 Å². The van der Waals surface area contributed by atoms with Gasteiger partial charge in [-0.2, -0.15) is 0 Å². The molecule has 154 valence electrons. The fraction of sp³-hybridized carbons (Fsp3) is 0.227. The highest BCUT2D eigenvalue weighted by Gasteiger charge is 2.32. The van der Waals surface area contributed by atoms with Crippen LogP contribution in [0.5, 0.6) is 0 Å². The molecule has 4 rings (SSSR count). The zero-order valence-electron chi connectivity index (χ0n) is 16.2. The van der Waals surface area contributed by atoms with Crippen molar-refractivity contribution in [3.63, 3.8) is 0 Å². The summed E-state index contributed by atoms with van der Waals surface area (Å²) < 4.78 is 13.1. The summed E-state index contributed by atoms with van der Waals surface area (Å²) in [6, 6.07) is 13.0. The Bertz CT molecular complexity index is 1070. The number of rotatable bonds is 5. The van der Waals surface area contributed by atoms with Gasteiger partial charge in [0.2, 0.25) is 11.8 Å². The highest BCUT2D eigenvalue weighted by atomic mass is 32.2. The number of halogens is 1. The molecule has 2 unspecified atom stereocenters. The average molecular weight is 442 g/mol. The van der Waals surface area contributed by atoms with E-state index in [1.807, 2.05) is 36.6 Å². The molecule has 8 heteroatoms. The van der Waals surface area contributed by atoms with Crippen molar-refractivity contribution < 1.29 is 14.0 Å². The molecular formula is C22H20FN3O2S2. The van der Waals surface area contributed by atoms with Gasteiger partial charge in [0.25, 0.3) is 0 Å². The smallest absolute Gasteiger partial charge is 0.247 e. The topological polar surface area (TPSA) is 71.1 Å². The molecule has 1 fully saturated rings. The maximum absolute atomic E-state index is 13.1. The standard InChI is InChI=1S/C22H20FN3O2S2/c1-13-24-18(11-29-13)15-3-2-4-17(10-15)25-21(27)19-12-30-20(22(28)26-19)9-14-5-7-16(23)8-6-14/h2-8,10-11,19-20H,9,12H2,1H3,(H,25,27)(H,26,28). The summed E-state index contributed by atoms with van der Waals surface area (Å²) in [5.74, 6) is -0.246. The van der Waals surface area contributed by atoms with Gasteiger partial charge in [-0.15, -0.1) is 23.1 Å². The fourth-order valence-electron chi connectivity index (χ4n) is 3.20. The number of anilines is 1. The lowest BCUT2D eigenvalue weighted by atomic mass is 10.1. The van der Waals surface area contributed by atoms with Crippen LogP contribution in [0.2, 0.25) is 0 Å². The van der Waals surface area contributed by atoms with E-state index in [4.69, 9.17) is 0 Å². The van der Waals surface area contributed by atoms with Gasteiger partial charge in [-0.25, -0.2) is 9.37 Å². The van der Waals surface area contributed by atoms with Gasteiger partial charge in [-0.05, 0) is 43.2 Å². The lowest BCUT2D eigenvalue weighted by Crippen LogP contribution is -2.52. The molecule has 0 aliphatic carbocycles. The van der Waals surface area contributed by atoms with Crippen molar-refractivity contribution in [1.29, 1.82) is 0 Å². The molecule has 30 heavy (non-hydrogen) atoms. The summed E-state index contributed by atoms with van der Waals surface area (Å²) in [5.41, 5.74) is 3.36. The normalized spacial score (nSPS) is 18.7. The van der Waals surface area contributed by atoms with Crippen LogP contribution in [-0.2, 0) is 16.0 Å². The number of aryl methyl sites for hydroxylation is 1. The Morgan fingerprint density at radius 3 is 2.77 bits per heavy atom. The third-order valence-corrected chi connectivity index (χ3v) is 6.85. The predicted molar refractivity (Wildman–Crippen MR) is 119 cm³/mol. The Hall–Kier alpha value is -2.71. The van der Waals surface area contributed by atoms with Crippen molar-refractivity contribution in [1.82, 2.24) is 10.3 Å². The van der Waals surface area contributed by atoms with E-state index >= 15 is 0 Å². The Morgan fingerprint density at radius 2 is 2.07 bits per heavy atom. The van der Waals surface area contributed by atoms with E-state index in [9.17, 15) is 14.0 Å². The maximum atomic E-state index is 13.1. The molecule has 2 N–H and O–H groups in total. The Balaban J connectivity index is 1.36. The molecule has 0 saturated carbocycles. The van der Waals surface area contributed by atoms with Gasteiger partial charge in [0.1, 0.15) is 11.9 Å². The monoisotopic (exact) mass is 441 g/mol. The van der Waals surface area contributed by atoms with Crippen LogP contribution in [0.15, 0.2) is 53.9 Å². The first-order valence-electron chi connectivity index (χ1n) is 9.48. The molecule has 2 aromatic carbocycles. The minimum absolute atomic E-state index is 0.178. The van der Waals surface area contributed by atoms with E-state index < -0.39 is 6.04 Å². The van der Waals surface area contributed by atoms with Gasteiger partial charge in [-0.3, -0.25) is 9.59 Å². The van der Waals surface area contributed by atoms with Gasteiger partial charge in [0, 0.05) is 22.4 Å². The summed E-state index contributed by atoms with van der Waals surface area (Å²) >= 11 is 3.02. The maximum Gasteiger partial charge on any atom is 0.247 e. The van der Waals surface area contributed by atoms with Gasteiger partial charge in [-0.1, -0.05) is 24.3 Å². The van der Waals surface area contributed by atoms with Crippen molar-refractivity contribution in [3.05, 3.63) is 70.3 Å². The van der Waals surface area contributed by atoms with Crippen LogP contribution in [0.4, 0.5) is 10.1 Å². The van der Waals surface area contributed by atoms with Gasteiger partial charge >= 0.3 is 0 Å². The largest absolute Gasteiger partial charge is 0.343 e. The molecule has 3 aromatic rings. The number of nitrogens with one attached hydrogen (secondary N) is 2. The summed E-state index contributed by atoms with van der Waals surface area (Å²) in [7, 11) is 0. The molecule has 0 spiro atoms. The SMILES string of the molecule is Cc1nc(-c2cccc(NC(=O)C3CSC(Cc4ccc(F)cc4)C(=O)N3)c2)cs1. The number of benzene rings is 2. The molecule has 0 bridgehead atoms. The second kappa shape index (κ2) is 8.97. The first kappa shape index (κ1) is 20.6. The molecule has 5 nitrogen and oxygen atoms in total. The molecule has 2 amide bonds. The fourth-order valence-corrected chi connectivity index (χ4v) is 5.01. The Labute approximate surface area is 182 Å². The first-order chi connectivity index (χ1) is 14.5. The minimum atomic E-state index is -0.600. The first-order valence-corrected chi connectivity index (χ1v) is 11.4. The van der Waals surface area contributed by atoms with Gasteiger partial charge < -0.3 is 10.6 Å². The number of hydrogen-bond donors (Lipinski definition) is 2. The quantitative estimate of drug-likeness (QED) is 0.627. The van der Waals surface area contributed by atoms with E-state index in [-0.39, 0.29) is 22.9 Å². The van der Waals surface area contributed by atoms with E-state index in [0.29, 0.717) is 17.9 Å². The summed E-state index contributed by atoms with van der Waals surface area (Å²) in [5, 5.41) is 8.37. The van der Waals surface area contributed by atoms with Crippen molar-refractivity contribution in [2.45, 2.75) is 24.6 Å². The van der Waals surface area contributed by atoms with Crippen molar-refractivity contribution in [2.24, 2.45) is 0 Å². The highest BCUT2D eigenvalue weighted by molar-refractivity contribution is 8.00. The predicted octanol–water partition coefficient (Wildman–Crippen LogP) is 4.04. The number of nitrogens with zero attached hydrogens (tertiary/aromatic N) is 1. The molecule has 2 heterocycles. The molecule has 1 aliphatic rings. The molecule has 2 atom stereocenters. The number of carbonyl (C=O) groups is 2. The van der Waals surface area contributed by atoms with Crippen LogP contribution in [0.3, 0.4) is 0 Å². The van der Waals surface area contributed by atoms with Crippen molar-refractivity contribution in [2.75, 3.05) is 11.1 Å². The van der Waals surface area contributed by atoms with Crippen molar-refractivity contribution in [3.8, 4) is 11.3 Å². The molecule has 0 radical (unpaired) electrons. The van der Waals surface area contributed by atoms with Gasteiger partial charge in [0.05, 0.1) is 16.0 Å². The lowest BCUT2D eigenvalue weighted by molar-refractivity contribution is -0.126. The summed E-state index contributed by atoms with van der Waals surface area (Å²) in [6.45, 7) is 1.95. The number of aromatic nitrogens is 1. The van der Waals surface area contributed by atoms with Crippen LogP contribution in [0.25, 0.3) is 11.3 Å². The number of thioether (sulfide) groups is 1. The molecule has 1 saturated heterocycles. The number of amides is 2. The van der Waals surface area contributed by atoms with Crippen LogP contribution >= 0.6 is 23.1 Å². The molecule has 1 aliphatic heterocycles. The van der Waals surface area contributed by atoms with Crippen LogP contribution in [0, 0.1) is 12.7 Å². The minimum Gasteiger partial charge on any atom is -0.343 e. The Kier molecular flexibility index (Phi) is 6.15. The van der Waals surface area contributed by atoms with E-state index in [1.54, 1.807) is 23.5 Å². The molecular weight excluding hydrogens is 421 g/mol. The average Bonchev–Trinajstić information content (AvgIpc) is 3.17. The van der Waals surface area contributed by atoms with Crippen LogP contribution in [-0.4, -0.2) is 33.8 Å². The Morgan fingerprint density at radius 1 is 1.27 bits per heavy atom. The number of hydrogen-bond acceptors (Lipinski definition) is 5. The number of carbonyl (C=O) groups excluding carboxylic acids is 2. The zero-order valence-corrected chi connectivity index (χ0v) is 17.9. The van der Waals surface area contributed by atoms with Crippen molar-refractivity contribution >= 4 is 40.6 Å². The third kappa shape index (κ3) is 4.88. The van der Waals surface area contributed by atoms with Crippen LogP contribution in [0.1, 0.15) is 10.6 Å². The second-order valence-electron chi connectivity index (χ2n) is 7.04. The summed E-state index contributed by atoms with van der Waals surface area (Å²) in [6.07, 6.45) is 0.500. The second-order valence-corrected chi connectivity index (χ2v) is 9.33. The molecule has 1 aromatic heterocycles. The summed E-state index contributed by atoms with van der Waals surface area (Å²) in [4.78, 5) is 29.6. The van der Waals surface area contributed by atoms with E-state index in [2.05, 4.69) is 15.6 Å². The van der Waals surface area contributed by atoms with E-state index in [0.717, 1.165) is 21.8 Å². The third-order valence-electron chi connectivity index (χ3n) is 4.77. The number of thiazole rings is 1.